The van der Waals surface area contributed by atoms with Crippen LogP contribution in [0.5, 0.6) is 0 Å². The number of rotatable bonds is 5. The lowest BCUT2D eigenvalue weighted by atomic mass is 9.91. The van der Waals surface area contributed by atoms with E-state index in [9.17, 15) is 4.79 Å². The molecule has 2 nitrogen and oxygen atoms in total. The highest BCUT2D eigenvalue weighted by Crippen LogP contribution is 2.34. The second-order valence-corrected chi connectivity index (χ2v) is 7.53. The average Bonchev–Trinajstić information content (AvgIpc) is 2.55. The zero-order valence-electron chi connectivity index (χ0n) is 15.8. The highest BCUT2D eigenvalue weighted by atomic mass is 35.5. The number of allylic oxidation sites excluding steroid dienone is 4. The number of halogens is 1. The number of aryl methyl sites for hydroxylation is 1. The fraction of sp³-hybridized carbons (Fsp3) is 0.409. The lowest BCUT2D eigenvalue weighted by Crippen LogP contribution is -2.41. The number of amides is 1. The third-order valence-electron chi connectivity index (χ3n) is 4.46. The van der Waals surface area contributed by atoms with Crippen LogP contribution in [0.15, 0.2) is 53.6 Å². The van der Waals surface area contributed by atoms with Gasteiger partial charge in [0.25, 0.3) is 0 Å². The summed E-state index contributed by atoms with van der Waals surface area (Å²) in [6.45, 7) is 10.2. The molecule has 0 atom stereocenters. The molecule has 0 N–H and O–H groups in total. The van der Waals surface area contributed by atoms with Crippen molar-refractivity contribution in [2.75, 3.05) is 0 Å². The molecule has 0 radical (unpaired) electrons. The van der Waals surface area contributed by atoms with Gasteiger partial charge in [-0.1, -0.05) is 53.6 Å². The van der Waals surface area contributed by atoms with Crippen molar-refractivity contribution in [1.29, 1.82) is 0 Å². The highest BCUT2D eigenvalue weighted by Gasteiger charge is 2.18. The number of carbonyl (C=O) groups is 1. The van der Waals surface area contributed by atoms with E-state index >= 15 is 0 Å². The van der Waals surface area contributed by atoms with E-state index in [1.807, 2.05) is 51.7 Å². The van der Waals surface area contributed by atoms with Crippen molar-refractivity contribution < 1.29 is 4.79 Å². The maximum atomic E-state index is 12.4. The summed E-state index contributed by atoms with van der Waals surface area (Å²) in [7, 11) is 0. The summed E-state index contributed by atoms with van der Waals surface area (Å²) in [6.07, 6.45) is 7.58. The van der Waals surface area contributed by atoms with Gasteiger partial charge in [-0.05, 0) is 64.2 Å². The maximum absolute atomic E-state index is 12.4. The summed E-state index contributed by atoms with van der Waals surface area (Å²) < 4.78 is 0. The normalized spacial score (nSPS) is 15.3. The standard InChI is InChI=1S/C22H28ClNO/c1-15(2)24(16(3)4)21(25)13-10-17(5)14-19-12-11-18-8-6-7-9-20(18)22(19)23/h6-10,13-16H,11-12H2,1-5H3/b13-10+,17-14+. The van der Waals surface area contributed by atoms with Crippen LogP contribution in [0, 0.1) is 0 Å². The van der Waals surface area contributed by atoms with Crippen LogP contribution in [0.1, 0.15) is 52.2 Å². The largest absolute Gasteiger partial charge is 0.334 e. The average molecular weight is 358 g/mol. The van der Waals surface area contributed by atoms with Gasteiger partial charge < -0.3 is 4.90 Å². The van der Waals surface area contributed by atoms with E-state index in [2.05, 4.69) is 24.3 Å². The number of carbonyl (C=O) groups excluding carboxylic acids is 1. The lowest BCUT2D eigenvalue weighted by Gasteiger charge is -2.29. The van der Waals surface area contributed by atoms with Crippen molar-refractivity contribution in [3.05, 3.63) is 64.8 Å². The van der Waals surface area contributed by atoms with E-state index in [0.29, 0.717) is 0 Å². The van der Waals surface area contributed by atoms with Crippen molar-refractivity contribution in [2.24, 2.45) is 0 Å². The smallest absolute Gasteiger partial charge is 0.247 e. The summed E-state index contributed by atoms with van der Waals surface area (Å²) in [5.74, 6) is 0.0480. The van der Waals surface area contributed by atoms with Crippen molar-refractivity contribution in [3.8, 4) is 0 Å². The molecular formula is C22H28ClNO. The van der Waals surface area contributed by atoms with E-state index in [1.54, 1.807) is 6.08 Å². The molecule has 0 saturated heterocycles. The number of hydrogen-bond donors (Lipinski definition) is 0. The Kier molecular flexibility index (Phi) is 6.66. The Hall–Kier alpha value is -1.80. The molecule has 0 fully saturated rings. The molecule has 0 saturated carbocycles. The first kappa shape index (κ1) is 19.5. The molecular weight excluding hydrogens is 330 g/mol. The van der Waals surface area contributed by atoms with Gasteiger partial charge in [-0.3, -0.25) is 4.79 Å². The van der Waals surface area contributed by atoms with Gasteiger partial charge in [0.2, 0.25) is 5.91 Å². The molecule has 0 bridgehead atoms. The molecule has 25 heavy (non-hydrogen) atoms. The summed E-state index contributed by atoms with van der Waals surface area (Å²) >= 11 is 6.59. The number of fused-ring (bicyclic) bond motifs is 1. The lowest BCUT2D eigenvalue weighted by molar-refractivity contribution is -0.129. The molecule has 0 unspecified atom stereocenters. The molecule has 1 aliphatic rings. The Bertz CT molecular complexity index is 717. The van der Waals surface area contributed by atoms with E-state index in [4.69, 9.17) is 11.6 Å². The Morgan fingerprint density at radius 2 is 1.72 bits per heavy atom. The number of benzene rings is 1. The Balaban J connectivity index is 2.18. The van der Waals surface area contributed by atoms with Gasteiger partial charge in [0.1, 0.15) is 0 Å². The predicted molar refractivity (Wildman–Crippen MR) is 108 cm³/mol. The molecule has 0 aliphatic heterocycles. The first-order chi connectivity index (χ1) is 11.8. The van der Waals surface area contributed by atoms with Crippen molar-refractivity contribution in [3.63, 3.8) is 0 Å². The third kappa shape index (κ3) is 4.85. The van der Waals surface area contributed by atoms with E-state index in [-0.39, 0.29) is 18.0 Å². The number of nitrogens with zero attached hydrogens (tertiary/aromatic N) is 1. The summed E-state index contributed by atoms with van der Waals surface area (Å²) in [5.41, 5.74) is 4.60. The molecule has 1 amide bonds. The van der Waals surface area contributed by atoms with Gasteiger partial charge in [0.15, 0.2) is 0 Å². The van der Waals surface area contributed by atoms with Crippen LogP contribution >= 0.6 is 11.6 Å². The summed E-state index contributed by atoms with van der Waals surface area (Å²) in [6, 6.07) is 8.66. The van der Waals surface area contributed by atoms with Crippen LogP contribution in [-0.2, 0) is 11.2 Å². The summed E-state index contributed by atoms with van der Waals surface area (Å²) in [5, 5.41) is 0.826. The van der Waals surface area contributed by atoms with Crippen molar-refractivity contribution in [1.82, 2.24) is 4.90 Å². The monoisotopic (exact) mass is 357 g/mol. The summed E-state index contributed by atoms with van der Waals surface area (Å²) in [4.78, 5) is 14.3. The van der Waals surface area contributed by atoms with Crippen LogP contribution in [0.2, 0.25) is 0 Å². The van der Waals surface area contributed by atoms with Crippen LogP contribution in [-0.4, -0.2) is 22.9 Å². The van der Waals surface area contributed by atoms with Crippen LogP contribution < -0.4 is 0 Å². The number of hydrogen-bond acceptors (Lipinski definition) is 1. The molecule has 3 heteroatoms. The van der Waals surface area contributed by atoms with Crippen LogP contribution in [0.25, 0.3) is 5.03 Å². The second-order valence-electron chi connectivity index (χ2n) is 7.15. The Labute approximate surface area is 156 Å². The van der Waals surface area contributed by atoms with E-state index in [0.717, 1.165) is 34.6 Å². The van der Waals surface area contributed by atoms with E-state index < -0.39 is 0 Å². The van der Waals surface area contributed by atoms with Gasteiger partial charge in [0.05, 0.1) is 5.03 Å². The van der Waals surface area contributed by atoms with Crippen LogP contribution in [0.3, 0.4) is 0 Å². The molecule has 0 spiro atoms. The Morgan fingerprint density at radius 3 is 2.36 bits per heavy atom. The zero-order valence-corrected chi connectivity index (χ0v) is 16.6. The van der Waals surface area contributed by atoms with Gasteiger partial charge in [0, 0.05) is 18.2 Å². The van der Waals surface area contributed by atoms with Gasteiger partial charge in [-0.15, -0.1) is 0 Å². The molecule has 0 aromatic heterocycles. The van der Waals surface area contributed by atoms with Gasteiger partial charge in [-0.25, -0.2) is 0 Å². The molecule has 1 aromatic carbocycles. The maximum Gasteiger partial charge on any atom is 0.247 e. The molecule has 0 heterocycles. The van der Waals surface area contributed by atoms with Gasteiger partial charge >= 0.3 is 0 Å². The first-order valence-corrected chi connectivity index (χ1v) is 9.34. The minimum Gasteiger partial charge on any atom is -0.334 e. The minimum atomic E-state index is 0.0480. The second kappa shape index (κ2) is 8.53. The Morgan fingerprint density at radius 1 is 1.08 bits per heavy atom. The zero-order chi connectivity index (χ0) is 18.6. The highest BCUT2D eigenvalue weighted by molar-refractivity contribution is 6.49. The third-order valence-corrected chi connectivity index (χ3v) is 4.90. The molecule has 134 valence electrons. The fourth-order valence-corrected chi connectivity index (χ4v) is 3.69. The predicted octanol–water partition coefficient (Wildman–Crippen LogP) is 5.73. The molecule has 1 aromatic rings. The minimum absolute atomic E-state index is 0.0480. The molecule has 2 rings (SSSR count). The fourth-order valence-electron chi connectivity index (χ4n) is 3.36. The van der Waals surface area contributed by atoms with Gasteiger partial charge in [-0.2, -0.15) is 0 Å². The SMILES string of the molecule is CC(/C=C/C(=O)N(C(C)C)C(C)C)=C\C1=C(Cl)c2ccccc2CC1. The van der Waals surface area contributed by atoms with Crippen LogP contribution in [0.4, 0.5) is 0 Å². The van der Waals surface area contributed by atoms with E-state index in [1.165, 1.54) is 5.56 Å². The quantitative estimate of drug-likeness (QED) is 0.486. The van der Waals surface area contributed by atoms with Crippen molar-refractivity contribution >= 4 is 22.5 Å². The molecule has 1 aliphatic carbocycles. The van der Waals surface area contributed by atoms with Crippen molar-refractivity contribution in [2.45, 2.75) is 59.5 Å². The first-order valence-electron chi connectivity index (χ1n) is 8.97. The topological polar surface area (TPSA) is 20.3 Å².